The maximum absolute atomic E-state index is 12.8. The Balaban J connectivity index is 1.83. The number of nitrogens with zero attached hydrogens (tertiary/aromatic N) is 2. The monoisotopic (exact) mass is 370 g/mol. The zero-order valence-corrected chi connectivity index (χ0v) is 15.2. The summed E-state index contributed by atoms with van der Waals surface area (Å²) in [5, 5.41) is 3.84. The molecule has 26 heavy (non-hydrogen) atoms. The van der Waals surface area contributed by atoms with Gasteiger partial charge in [-0.2, -0.15) is 0 Å². The van der Waals surface area contributed by atoms with E-state index in [4.69, 9.17) is 16.4 Å². The molecule has 3 rings (SSSR count). The molecule has 5 nitrogen and oxygen atoms in total. The van der Waals surface area contributed by atoms with Gasteiger partial charge in [0.15, 0.2) is 5.71 Å². The molecule has 0 aromatic heterocycles. The van der Waals surface area contributed by atoms with Gasteiger partial charge in [0.25, 0.3) is 5.91 Å². The van der Waals surface area contributed by atoms with E-state index in [1.165, 1.54) is 0 Å². The number of amides is 1. The summed E-state index contributed by atoms with van der Waals surface area (Å²) >= 11 is 5.56. The van der Waals surface area contributed by atoms with E-state index in [0.717, 1.165) is 16.8 Å². The molecule has 0 spiro atoms. The van der Waals surface area contributed by atoms with E-state index >= 15 is 0 Å². The van der Waals surface area contributed by atoms with Crippen LogP contribution in [-0.4, -0.2) is 23.5 Å². The number of para-hydroxylation sites is 1. The lowest BCUT2D eigenvalue weighted by molar-refractivity contribution is -0.143. The third-order valence-electron chi connectivity index (χ3n) is 4.11. The van der Waals surface area contributed by atoms with Crippen LogP contribution in [0.25, 0.3) is 0 Å². The number of carbonyl (C=O) groups is 2. The van der Waals surface area contributed by atoms with Gasteiger partial charge >= 0.3 is 5.97 Å². The molecule has 0 bridgehead atoms. The molecule has 0 aliphatic carbocycles. The summed E-state index contributed by atoms with van der Waals surface area (Å²) in [6.07, 6.45) is 0.679. The number of hydrogen-bond acceptors (Lipinski definition) is 4. The fourth-order valence-corrected chi connectivity index (χ4v) is 2.87. The van der Waals surface area contributed by atoms with Crippen LogP contribution in [0.2, 0.25) is 0 Å². The molecule has 2 aromatic carbocycles. The molecule has 134 valence electrons. The molecular formula is C20H19ClN2O3. The molecule has 0 unspecified atom stereocenters. The van der Waals surface area contributed by atoms with Gasteiger partial charge in [-0.25, -0.2) is 4.79 Å². The minimum absolute atomic E-state index is 0.145. The number of oxime groups is 1. The summed E-state index contributed by atoms with van der Waals surface area (Å²) in [6, 6.07) is 15.4. The van der Waals surface area contributed by atoms with E-state index in [9.17, 15) is 9.59 Å². The van der Waals surface area contributed by atoms with E-state index in [1.54, 1.807) is 11.0 Å². The zero-order chi connectivity index (χ0) is 18.5. The summed E-state index contributed by atoms with van der Waals surface area (Å²) in [6.45, 7) is 2.44. The lowest BCUT2D eigenvalue weighted by atomic mass is 10.1. The number of alkyl halides is 1. The first-order valence-corrected chi connectivity index (χ1v) is 8.94. The molecule has 1 aliphatic heterocycles. The third kappa shape index (κ3) is 3.94. The fourth-order valence-electron chi connectivity index (χ4n) is 2.74. The van der Waals surface area contributed by atoms with Gasteiger partial charge in [0, 0.05) is 17.9 Å². The van der Waals surface area contributed by atoms with Crippen molar-refractivity contribution in [3.63, 3.8) is 0 Å². The van der Waals surface area contributed by atoms with Gasteiger partial charge in [-0.1, -0.05) is 53.2 Å². The van der Waals surface area contributed by atoms with Crippen LogP contribution in [0.15, 0.2) is 53.7 Å². The van der Waals surface area contributed by atoms with Crippen molar-refractivity contribution in [3.05, 3.63) is 65.2 Å². The molecule has 1 amide bonds. The van der Waals surface area contributed by atoms with Crippen molar-refractivity contribution in [2.24, 2.45) is 5.16 Å². The van der Waals surface area contributed by atoms with Crippen LogP contribution < -0.4 is 4.90 Å². The number of hydrogen-bond donors (Lipinski definition) is 0. The summed E-state index contributed by atoms with van der Waals surface area (Å²) in [5.74, 6) is -0.407. The van der Waals surface area contributed by atoms with Crippen molar-refractivity contribution >= 4 is 34.9 Å². The van der Waals surface area contributed by atoms with Crippen molar-refractivity contribution in [2.75, 3.05) is 10.8 Å². The fraction of sp³-hybridized carbons (Fsp3) is 0.250. The third-order valence-corrected chi connectivity index (χ3v) is 4.38. The first kappa shape index (κ1) is 18.1. The predicted molar refractivity (Wildman–Crippen MR) is 101 cm³/mol. The molecule has 2 aromatic rings. The maximum Gasteiger partial charge on any atom is 0.335 e. The highest BCUT2D eigenvalue weighted by Gasteiger charge is 2.34. The second kappa shape index (κ2) is 8.15. The molecule has 0 saturated heterocycles. The second-order valence-electron chi connectivity index (χ2n) is 6.09. The average molecular weight is 371 g/mol. The van der Waals surface area contributed by atoms with Crippen molar-refractivity contribution in [1.82, 2.24) is 0 Å². The number of fused-ring (bicyclic) bond motifs is 1. The molecule has 0 N–H and O–H groups in total. The van der Waals surface area contributed by atoms with E-state index in [2.05, 4.69) is 5.16 Å². The average Bonchev–Trinajstić information content (AvgIpc) is 2.91. The van der Waals surface area contributed by atoms with Crippen LogP contribution in [0.3, 0.4) is 0 Å². The Labute approximate surface area is 157 Å². The number of halogens is 1. The van der Waals surface area contributed by atoms with Crippen molar-refractivity contribution in [2.45, 2.75) is 26.3 Å². The summed E-state index contributed by atoms with van der Waals surface area (Å²) in [7, 11) is 0. The van der Waals surface area contributed by atoms with Crippen LogP contribution in [0, 0.1) is 6.92 Å². The molecular weight excluding hydrogens is 352 g/mol. The van der Waals surface area contributed by atoms with Gasteiger partial charge in [0.1, 0.15) is 0 Å². The molecule has 1 heterocycles. The van der Waals surface area contributed by atoms with E-state index in [-0.39, 0.29) is 18.0 Å². The zero-order valence-electron chi connectivity index (χ0n) is 14.4. The Morgan fingerprint density at radius 2 is 1.88 bits per heavy atom. The van der Waals surface area contributed by atoms with E-state index in [0.29, 0.717) is 24.4 Å². The van der Waals surface area contributed by atoms with Gasteiger partial charge in [-0.15, -0.1) is 11.6 Å². The van der Waals surface area contributed by atoms with E-state index in [1.807, 2.05) is 49.4 Å². The van der Waals surface area contributed by atoms with Crippen LogP contribution in [-0.2, 0) is 21.0 Å². The molecule has 0 atom stereocenters. The highest BCUT2D eigenvalue weighted by molar-refractivity contribution is 6.54. The Morgan fingerprint density at radius 3 is 2.62 bits per heavy atom. The Morgan fingerprint density at radius 1 is 1.15 bits per heavy atom. The second-order valence-corrected chi connectivity index (χ2v) is 6.47. The normalized spacial score (nSPS) is 14.6. The molecule has 6 heteroatoms. The summed E-state index contributed by atoms with van der Waals surface area (Å²) in [4.78, 5) is 31.1. The van der Waals surface area contributed by atoms with Crippen molar-refractivity contribution in [3.8, 4) is 0 Å². The van der Waals surface area contributed by atoms with E-state index < -0.39 is 5.97 Å². The molecule has 0 saturated carbocycles. The first-order valence-electron chi connectivity index (χ1n) is 8.41. The predicted octanol–water partition coefficient (Wildman–Crippen LogP) is 3.81. The minimum Gasteiger partial charge on any atom is -0.317 e. The van der Waals surface area contributed by atoms with Crippen molar-refractivity contribution < 1.29 is 14.4 Å². The molecule has 1 aliphatic rings. The van der Waals surface area contributed by atoms with Gasteiger partial charge in [-0.05, 0) is 25.0 Å². The highest BCUT2D eigenvalue weighted by atomic mass is 35.5. The number of aryl methyl sites for hydroxylation is 1. The molecule has 0 fully saturated rings. The highest BCUT2D eigenvalue weighted by Crippen LogP contribution is 2.30. The van der Waals surface area contributed by atoms with Crippen LogP contribution >= 0.6 is 11.6 Å². The Hall–Kier alpha value is -2.66. The smallest absolute Gasteiger partial charge is 0.317 e. The number of benzene rings is 2. The van der Waals surface area contributed by atoms with Crippen LogP contribution in [0.4, 0.5) is 5.69 Å². The van der Waals surface area contributed by atoms with Crippen LogP contribution in [0.1, 0.15) is 29.5 Å². The van der Waals surface area contributed by atoms with Gasteiger partial charge < -0.3 is 9.74 Å². The minimum atomic E-state index is -0.500. The quantitative estimate of drug-likeness (QED) is 0.441. The summed E-state index contributed by atoms with van der Waals surface area (Å²) in [5.41, 5.74) is 3.74. The number of rotatable bonds is 6. The maximum atomic E-state index is 12.8. The molecule has 0 radical (unpaired) electrons. The van der Waals surface area contributed by atoms with Gasteiger partial charge in [0.05, 0.1) is 12.2 Å². The Kier molecular flexibility index (Phi) is 5.68. The standard InChI is InChI=1S/C20H19ClN2O3/c1-14-8-10-15(11-9-14)13-23-17-6-3-2-5-16(17)19(20(23)25)22-26-18(24)7-4-12-21/h2-3,5-6,8-11H,4,7,12-13H2,1H3/b22-19-. The summed E-state index contributed by atoms with van der Waals surface area (Å²) < 4.78 is 0. The number of anilines is 1. The van der Waals surface area contributed by atoms with Crippen molar-refractivity contribution in [1.29, 1.82) is 0 Å². The SMILES string of the molecule is Cc1ccc(CN2C(=O)/C(=N\OC(=O)CCCCl)c3ccccc32)cc1. The van der Waals surface area contributed by atoms with Crippen LogP contribution in [0.5, 0.6) is 0 Å². The first-order chi connectivity index (χ1) is 12.6. The number of carbonyl (C=O) groups excluding carboxylic acids is 2. The van der Waals surface area contributed by atoms with Gasteiger partial charge in [0.2, 0.25) is 0 Å². The largest absolute Gasteiger partial charge is 0.335 e. The lowest BCUT2D eigenvalue weighted by Crippen LogP contribution is -2.29. The Bertz CT molecular complexity index is 846. The topological polar surface area (TPSA) is 59.0 Å². The van der Waals surface area contributed by atoms with Gasteiger partial charge in [-0.3, -0.25) is 4.79 Å². The lowest BCUT2D eigenvalue weighted by Gasteiger charge is -2.16.